The summed E-state index contributed by atoms with van der Waals surface area (Å²) in [5, 5.41) is 9.58. The molecule has 3 N–H and O–H groups in total. The highest BCUT2D eigenvalue weighted by Gasteiger charge is 2.30. The van der Waals surface area contributed by atoms with Crippen LogP contribution in [0.1, 0.15) is 31.0 Å². The molecular formula is C26H24ClFN6O. The van der Waals surface area contributed by atoms with Gasteiger partial charge in [-0.25, -0.2) is 19.4 Å². The number of hydrogen-bond donors (Lipinski definition) is 3. The lowest BCUT2D eigenvalue weighted by molar-refractivity contribution is -0.113. The van der Waals surface area contributed by atoms with Crippen LogP contribution in [-0.4, -0.2) is 22.7 Å². The van der Waals surface area contributed by atoms with Gasteiger partial charge in [-0.1, -0.05) is 35.9 Å². The molecule has 2 heterocycles. The lowest BCUT2D eigenvalue weighted by atomic mass is 9.95. The first-order valence-corrected chi connectivity index (χ1v) is 11.3. The second kappa shape index (κ2) is 10.5. The van der Waals surface area contributed by atoms with Gasteiger partial charge in [0.2, 0.25) is 5.96 Å². The normalized spacial score (nSPS) is 15.9. The number of benzene rings is 2. The minimum Gasteiger partial charge on any atom is -0.344 e. The predicted molar refractivity (Wildman–Crippen MR) is 138 cm³/mol. The number of aliphatic imine (C=N–C) groups is 2. The third-order valence-electron chi connectivity index (χ3n) is 5.36. The zero-order valence-corrected chi connectivity index (χ0v) is 20.2. The number of allylic oxidation sites excluding steroid dienone is 1. The first-order chi connectivity index (χ1) is 16.8. The van der Waals surface area contributed by atoms with Crippen LogP contribution in [0.15, 0.2) is 88.1 Å². The topological polar surface area (TPSA) is 90.8 Å². The Morgan fingerprint density at radius 3 is 2.57 bits per heavy atom. The van der Waals surface area contributed by atoms with Gasteiger partial charge in [0.25, 0.3) is 5.91 Å². The molecule has 0 saturated carbocycles. The fourth-order valence-electron chi connectivity index (χ4n) is 3.70. The number of nitrogens with one attached hydrogen (secondary N) is 3. The lowest BCUT2D eigenvalue weighted by Crippen LogP contribution is -2.33. The molecule has 1 aliphatic rings. The van der Waals surface area contributed by atoms with Gasteiger partial charge in [-0.05, 0) is 62.7 Å². The molecule has 0 saturated heterocycles. The molecular weight excluding hydrogens is 467 g/mol. The highest BCUT2D eigenvalue weighted by atomic mass is 35.5. The van der Waals surface area contributed by atoms with Crippen LogP contribution < -0.4 is 16.0 Å². The summed E-state index contributed by atoms with van der Waals surface area (Å²) in [5.74, 6) is 0.630. The van der Waals surface area contributed by atoms with E-state index in [1.54, 1.807) is 50.4 Å². The molecule has 0 spiro atoms. The molecule has 2 aromatic carbocycles. The zero-order valence-electron chi connectivity index (χ0n) is 19.4. The quantitative estimate of drug-likeness (QED) is 0.326. The number of halogens is 2. The van der Waals surface area contributed by atoms with Crippen LogP contribution in [-0.2, 0) is 4.79 Å². The Kier molecular flexibility index (Phi) is 7.22. The Morgan fingerprint density at radius 1 is 1.09 bits per heavy atom. The van der Waals surface area contributed by atoms with E-state index in [9.17, 15) is 9.18 Å². The van der Waals surface area contributed by atoms with Crippen molar-refractivity contribution in [1.82, 2.24) is 10.3 Å². The summed E-state index contributed by atoms with van der Waals surface area (Å²) in [4.78, 5) is 26.7. The summed E-state index contributed by atoms with van der Waals surface area (Å²) >= 11 is 6.49. The minimum atomic E-state index is -0.687. The average Bonchev–Trinajstić information content (AvgIpc) is 2.81. The van der Waals surface area contributed by atoms with Gasteiger partial charge < -0.3 is 16.0 Å². The van der Waals surface area contributed by atoms with Crippen molar-refractivity contribution in [3.63, 3.8) is 0 Å². The molecule has 3 aromatic rings. The highest BCUT2D eigenvalue weighted by Crippen LogP contribution is 2.35. The van der Waals surface area contributed by atoms with Crippen LogP contribution in [0.2, 0.25) is 5.02 Å². The van der Waals surface area contributed by atoms with E-state index >= 15 is 0 Å². The Labute approximate surface area is 207 Å². The maximum atomic E-state index is 13.4. The molecule has 4 rings (SSSR count). The number of amidine groups is 1. The van der Waals surface area contributed by atoms with E-state index in [2.05, 4.69) is 25.9 Å². The summed E-state index contributed by atoms with van der Waals surface area (Å²) in [7, 11) is 0. The lowest BCUT2D eigenvalue weighted by Gasteiger charge is -2.26. The van der Waals surface area contributed by atoms with Crippen LogP contribution in [0.5, 0.6) is 0 Å². The maximum absolute atomic E-state index is 13.4. The number of amides is 1. The summed E-state index contributed by atoms with van der Waals surface area (Å²) in [5.41, 5.74) is 3.14. The summed E-state index contributed by atoms with van der Waals surface area (Å²) < 4.78 is 13.4. The number of carbonyl (C=O) groups is 1. The maximum Gasteiger partial charge on any atom is 0.257 e. The van der Waals surface area contributed by atoms with Crippen molar-refractivity contribution in [2.45, 2.75) is 26.8 Å². The number of aromatic nitrogens is 1. The van der Waals surface area contributed by atoms with E-state index in [1.165, 1.54) is 12.1 Å². The van der Waals surface area contributed by atoms with Crippen LogP contribution in [0, 0.1) is 12.7 Å². The van der Waals surface area contributed by atoms with Crippen LogP contribution in [0.4, 0.5) is 15.9 Å². The molecule has 0 fully saturated rings. The van der Waals surface area contributed by atoms with E-state index in [0.717, 1.165) is 11.3 Å². The van der Waals surface area contributed by atoms with Gasteiger partial charge in [-0.15, -0.1) is 0 Å². The van der Waals surface area contributed by atoms with Gasteiger partial charge in [-0.2, -0.15) is 0 Å². The Bertz CT molecular complexity index is 1350. The van der Waals surface area contributed by atoms with Gasteiger partial charge in [-0.3, -0.25) is 4.79 Å². The molecule has 0 aliphatic carbocycles. The number of hydrogen-bond acceptors (Lipinski definition) is 5. The number of pyridine rings is 1. The van der Waals surface area contributed by atoms with E-state index < -0.39 is 6.04 Å². The fourth-order valence-corrected chi connectivity index (χ4v) is 3.94. The van der Waals surface area contributed by atoms with E-state index in [4.69, 9.17) is 16.6 Å². The van der Waals surface area contributed by atoms with Gasteiger partial charge in [0.05, 0.1) is 5.57 Å². The molecule has 1 amide bonds. The van der Waals surface area contributed by atoms with Crippen molar-refractivity contribution in [3.05, 3.63) is 100 Å². The molecule has 1 aliphatic heterocycles. The van der Waals surface area contributed by atoms with E-state index in [0.29, 0.717) is 39.5 Å². The molecule has 9 heteroatoms. The molecule has 35 heavy (non-hydrogen) atoms. The molecule has 1 atom stereocenters. The van der Waals surface area contributed by atoms with Crippen LogP contribution in [0.25, 0.3) is 0 Å². The third kappa shape index (κ3) is 5.73. The fraction of sp³-hybridized carbons (Fsp3) is 0.154. The number of carbonyl (C=O) groups excluding carboxylic acids is 1. The molecule has 1 aromatic heterocycles. The monoisotopic (exact) mass is 490 g/mol. The SMILES string of the molecule is CC1=C(C(=O)Nc2ccccn2)C(c2ccccc2Cl)N=C(/N=C(/C)Nc2ccc(F)cc2C)N1. The largest absolute Gasteiger partial charge is 0.344 e. The summed E-state index contributed by atoms with van der Waals surface area (Å²) in [6, 6.07) is 16.3. The summed E-state index contributed by atoms with van der Waals surface area (Å²) in [6.07, 6.45) is 1.60. The number of guanidine groups is 1. The molecule has 0 bridgehead atoms. The number of nitrogens with zero attached hydrogens (tertiary/aromatic N) is 3. The second-order valence-corrected chi connectivity index (χ2v) is 8.40. The second-order valence-electron chi connectivity index (χ2n) is 7.99. The summed E-state index contributed by atoms with van der Waals surface area (Å²) in [6.45, 7) is 5.37. The standard InChI is InChI=1S/C26H24ClFN6O/c1-15-14-18(28)11-12-21(15)31-17(3)32-26-30-16(2)23(25(35)33-22-10-6-7-13-29-22)24(34-26)19-8-4-5-9-20(19)27/h4-14,24H,1-3H3,(H,29,33,35)(H2,30,31,32,34). The van der Waals surface area contributed by atoms with Crippen molar-refractivity contribution in [2.75, 3.05) is 10.6 Å². The Balaban J connectivity index is 1.67. The number of aryl methyl sites for hydroxylation is 1. The highest BCUT2D eigenvalue weighted by molar-refractivity contribution is 6.31. The van der Waals surface area contributed by atoms with E-state index in [-0.39, 0.29) is 11.7 Å². The first kappa shape index (κ1) is 24.1. The van der Waals surface area contributed by atoms with Gasteiger partial charge in [0.15, 0.2) is 0 Å². The average molecular weight is 491 g/mol. The van der Waals surface area contributed by atoms with Crippen molar-refractivity contribution >= 4 is 40.8 Å². The predicted octanol–water partition coefficient (Wildman–Crippen LogP) is 5.63. The van der Waals surface area contributed by atoms with Gasteiger partial charge >= 0.3 is 0 Å². The van der Waals surface area contributed by atoms with Gasteiger partial charge in [0, 0.05) is 28.2 Å². The molecule has 0 radical (unpaired) electrons. The Hall–Kier alpha value is -4.04. The smallest absolute Gasteiger partial charge is 0.257 e. The molecule has 178 valence electrons. The van der Waals surface area contributed by atoms with Crippen LogP contribution >= 0.6 is 11.6 Å². The third-order valence-corrected chi connectivity index (χ3v) is 5.70. The Morgan fingerprint density at radius 2 is 1.86 bits per heavy atom. The zero-order chi connectivity index (χ0) is 24.9. The van der Waals surface area contributed by atoms with Crippen molar-refractivity contribution in [2.24, 2.45) is 9.98 Å². The minimum absolute atomic E-state index is 0.305. The van der Waals surface area contributed by atoms with Crippen LogP contribution in [0.3, 0.4) is 0 Å². The molecule has 7 nitrogen and oxygen atoms in total. The van der Waals surface area contributed by atoms with Crippen molar-refractivity contribution < 1.29 is 9.18 Å². The van der Waals surface area contributed by atoms with Crippen molar-refractivity contribution in [1.29, 1.82) is 0 Å². The number of rotatable bonds is 4. The number of anilines is 2. The van der Waals surface area contributed by atoms with Crippen molar-refractivity contribution in [3.8, 4) is 0 Å². The van der Waals surface area contributed by atoms with Gasteiger partial charge in [0.1, 0.15) is 23.5 Å². The first-order valence-electron chi connectivity index (χ1n) is 10.9. The van der Waals surface area contributed by atoms with E-state index in [1.807, 2.05) is 25.1 Å². The molecule has 1 unspecified atom stereocenters.